The molecule has 0 aromatic heterocycles. The van der Waals surface area contributed by atoms with Crippen molar-refractivity contribution in [3.63, 3.8) is 0 Å². The number of amides is 1. The Kier molecular flexibility index (Phi) is 6.32. The number of aliphatic hydroxyl groups is 1. The van der Waals surface area contributed by atoms with E-state index in [2.05, 4.69) is 10.0 Å². The van der Waals surface area contributed by atoms with E-state index in [-0.39, 0.29) is 10.8 Å². The van der Waals surface area contributed by atoms with E-state index in [1.54, 1.807) is 26.0 Å². The van der Waals surface area contributed by atoms with Gasteiger partial charge in [-0.25, -0.2) is 8.42 Å². The number of hydrogen-bond acceptors (Lipinski definition) is 4. The molecule has 0 saturated heterocycles. The topological polar surface area (TPSA) is 95.5 Å². The molecule has 0 fully saturated rings. The minimum atomic E-state index is -3.81. The molecule has 0 aliphatic carbocycles. The molecule has 0 aliphatic rings. The van der Waals surface area contributed by atoms with Crippen LogP contribution in [0.5, 0.6) is 0 Å². The molecule has 1 rings (SSSR count). The lowest BCUT2D eigenvalue weighted by Gasteiger charge is -2.15. The monoisotopic (exact) mass is 314 g/mol. The van der Waals surface area contributed by atoms with Crippen LogP contribution in [-0.4, -0.2) is 32.0 Å². The normalized spacial score (nSPS) is 14.5. The fraction of sp³-hybridized carbons (Fsp3) is 0.500. The van der Waals surface area contributed by atoms with Crippen molar-refractivity contribution in [1.29, 1.82) is 0 Å². The maximum Gasteiger partial charge on any atom is 0.241 e. The van der Waals surface area contributed by atoms with Crippen LogP contribution in [0.15, 0.2) is 29.2 Å². The van der Waals surface area contributed by atoms with Crippen molar-refractivity contribution in [2.45, 2.75) is 44.2 Å². The van der Waals surface area contributed by atoms with E-state index in [0.717, 1.165) is 0 Å². The van der Waals surface area contributed by atoms with Crippen molar-refractivity contribution in [2.75, 3.05) is 6.54 Å². The first kappa shape index (κ1) is 17.6. The number of hydrogen-bond donors (Lipinski definition) is 3. The number of benzene rings is 1. The molecule has 1 aromatic rings. The second-order valence-corrected chi connectivity index (χ2v) is 6.45. The Morgan fingerprint density at radius 2 is 2.00 bits per heavy atom. The van der Waals surface area contributed by atoms with Crippen LogP contribution in [0, 0.1) is 0 Å². The average Bonchev–Trinajstić information content (AvgIpc) is 2.46. The third-order valence-electron chi connectivity index (χ3n) is 3.02. The largest absolute Gasteiger partial charge is 0.388 e. The van der Waals surface area contributed by atoms with Gasteiger partial charge >= 0.3 is 0 Å². The smallest absolute Gasteiger partial charge is 0.241 e. The Morgan fingerprint density at radius 1 is 1.33 bits per heavy atom. The zero-order valence-corrected chi connectivity index (χ0v) is 13.3. The minimum Gasteiger partial charge on any atom is -0.388 e. The summed E-state index contributed by atoms with van der Waals surface area (Å²) in [6.07, 6.45) is -0.215. The predicted molar refractivity (Wildman–Crippen MR) is 80.2 cm³/mol. The molecule has 0 radical (unpaired) electrons. The molecule has 2 atom stereocenters. The van der Waals surface area contributed by atoms with Gasteiger partial charge in [0.25, 0.3) is 0 Å². The van der Waals surface area contributed by atoms with Gasteiger partial charge in [-0.05, 0) is 38.0 Å². The molecule has 7 heteroatoms. The van der Waals surface area contributed by atoms with Gasteiger partial charge in [0, 0.05) is 6.54 Å². The van der Waals surface area contributed by atoms with Gasteiger partial charge < -0.3 is 10.4 Å². The molecular weight excluding hydrogens is 292 g/mol. The standard InChI is InChI=1S/C14H22N2O4S/c1-4-13(17)11-7-6-8-12(9-11)21(19,20)16-10(3)14(18)15-5-2/h6-10,13,16-17H,4-5H2,1-3H3,(H,15,18). The summed E-state index contributed by atoms with van der Waals surface area (Å²) in [7, 11) is -3.81. The summed E-state index contributed by atoms with van der Waals surface area (Å²) >= 11 is 0. The molecule has 3 N–H and O–H groups in total. The number of nitrogens with one attached hydrogen (secondary N) is 2. The molecule has 0 heterocycles. The van der Waals surface area contributed by atoms with Crippen LogP contribution in [0.2, 0.25) is 0 Å². The number of rotatable bonds is 7. The van der Waals surface area contributed by atoms with Crippen LogP contribution in [-0.2, 0) is 14.8 Å². The highest BCUT2D eigenvalue weighted by atomic mass is 32.2. The molecule has 0 bridgehead atoms. The number of carbonyl (C=O) groups is 1. The highest BCUT2D eigenvalue weighted by molar-refractivity contribution is 7.89. The van der Waals surface area contributed by atoms with Gasteiger partial charge in [-0.2, -0.15) is 4.72 Å². The summed E-state index contributed by atoms with van der Waals surface area (Å²) in [6, 6.07) is 5.22. The summed E-state index contributed by atoms with van der Waals surface area (Å²) in [5.41, 5.74) is 0.533. The fourth-order valence-corrected chi connectivity index (χ4v) is 3.06. The van der Waals surface area contributed by atoms with E-state index >= 15 is 0 Å². The lowest BCUT2D eigenvalue weighted by molar-refractivity contribution is -0.122. The lowest BCUT2D eigenvalue weighted by atomic mass is 10.1. The van der Waals surface area contributed by atoms with Crippen molar-refractivity contribution in [3.8, 4) is 0 Å². The zero-order valence-electron chi connectivity index (χ0n) is 12.5. The summed E-state index contributed by atoms with van der Waals surface area (Å²) in [4.78, 5) is 11.6. The number of carbonyl (C=O) groups excluding carboxylic acids is 1. The van der Waals surface area contributed by atoms with Crippen molar-refractivity contribution in [2.24, 2.45) is 0 Å². The molecule has 1 amide bonds. The lowest BCUT2D eigenvalue weighted by Crippen LogP contribution is -2.44. The number of aliphatic hydroxyl groups excluding tert-OH is 1. The van der Waals surface area contributed by atoms with Gasteiger partial charge in [-0.1, -0.05) is 19.1 Å². The zero-order chi connectivity index (χ0) is 16.0. The Morgan fingerprint density at radius 3 is 2.57 bits per heavy atom. The van der Waals surface area contributed by atoms with E-state index < -0.39 is 22.2 Å². The molecule has 0 spiro atoms. The van der Waals surface area contributed by atoms with Crippen LogP contribution in [0.4, 0.5) is 0 Å². The van der Waals surface area contributed by atoms with Gasteiger partial charge in [0.1, 0.15) is 0 Å². The van der Waals surface area contributed by atoms with Crippen LogP contribution in [0.3, 0.4) is 0 Å². The SMILES string of the molecule is CCNC(=O)C(C)NS(=O)(=O)c1cccc(C(O)CC)c1. The van der Waals surface area contributed by atoms with Crippen LogP contribution in [0.1, 0.15) is 38.9 Å². The molecule has 1 aromatic carbocycles. The summed E-state index contributed by atoms with van der Waals surface area (Å²) in [5, 5.41) is 12.3. The molecule has 118 valence electrons. The summed E-state index contributed by atoms with van der Waals surface area (Å²) in [6.45, 7) is 5.48. The molecular formula is C14H22N2O4S. The van der Waals surface area contributed by atoms with E-state index in [0.29, 0.717) is 18.5 Å². The van der Waals surface area contributed by atoms with Crippen molar-refractivity contribution in [3.05, 3.63) is 29.8 Å². The number of likely N-dealkylation sites (N-methyl/N-ethyl adjacent to an activating group) is 1. The van der Waals surface area contributed by atoms with Gasteiger partial charge in [-0.15, -0.1) is 0 Å². The number of sulfonamides is 1. The first-order valence-electron chi connectivity index (χ1n) is 6.89. The van der Waals surface area contributed by atoms with Crippen LogP contribution < -0.4 is 10.0 Å². The Hall–Kier alpha value is -1.44. The molecule has 21 heavy (non-hydrogen) atoms. The average molecular weight is 314 g/mol. The maximum absolute atomic E-state index is 12.2. The van der Waals surface area contributed by atoms with Gasteiger partial charge in [0.2, 0.25) is 15.9 Å². The first-order chi connectivity index (χ1) is 9.81. The van der Waals surface area contributed by atoms with Crippen molar-refractivity contribution < 1.29 is 18.3 Å². The van der Waals surface area contributed by atoms with Crippen molar-refractivity contribution in [1.82, 2.24) is 10.0 Å². The third-order valence-corrected chi connectivity index (χ3v) is 4.55. The van der Waals surface area contributed by atoms with Crippen LogP contribution in [0.25, 0.3) is 0 Å². The highest BCUT2D eigenvalue weighted by Crippen LogP contribution is 2.19. The first-order valence-corrected chi connectivity index (χ1v) is 8.38. The highest BCUT2D eigenvalue weighted by Gasteiger charge is 2.22. The Bertz CT molecular complexity index is 586. The second-order valence-electron chi connectivity index (χ2n) is 4.73. The Balaban J connectivity index is 2.95. The summed E-state index contributed by atoms with van der Waals surface area (Å²) < 4.78 is 26.8. The quantitative estimate of drug-likeness (QED) is 0.698. The van der Waals surface area contributed by atoms with Crippen molar-refractivity contribution >= 4 is 15.9 Å². The van der Waals surface area contributed by atoms with Gasteiger partial charge in [0.05, 0.1) is 17.0 Å². The second kappa shape index (κ2) is 7.53. The van der Waals surface area contributed by atoms with E-state index in [1.807, 2.05) is 0 Å². The maximum atomic E-state index is 12.2. The van der Waals surface area contributed by atoms with Crippen LogP contribution >= 0.6 is 0 Å². The van der Waals surface area contributed by atoms with E-state index in [4.69, 9.17) is 0 Å². The predicted octanol–water partition coefficient (Wildman–Crippen LogP) is 0.933. The third kappa shape index (κ3) is 4.80. The van der Waals surface area contributed by atoms with Gasteiger partial charge in [-0.3, -0.25) is 4.79 Å². The fourth-order valence-electron chi connectivity index (χ4n) is 1.81. The molecule has 6 nitrogen and oxygen atoms in total. The minimum absolute atomic E-state index is 0.0312. The van der Waals surface area contributed by atoms with E-state index in [1.165, 1.54) is 19.1 Å². The van der Waals surface area contributed by atoms with E-state index in [9.17, 15) is 18.3 Å². The summed E-state index contributed by atoms with van der Waals surface area (Å²) in [5.74, 6) is -0.383. The molecule has 0 saturated carbocycles. The van der Waals surface area contributed by atoms with Gasteiger partial charge in [0.15, 0.2) is 0 Å². The molecule has 0 aliphatic heterocycles. The molecule has 2 unspecified atom stereocenters. The Labute approximate surface area is 125 Å².